The number of anilines is 1. The molecule has 2 aromatic rings. The molecule has 0 spiro atoms. The summed E-state index contributed by atoms with van der Waals surface area (Å²) in [5.41, 5.74) is 1.91. The fraction of sp³-hybridized carbons (Fsp3) is 0.500. The van der Waals surface area contributed by atoms with Gasteiger partial charge in [0.2, 0.25) is 0 Å². The molecular weight excluding hydrogens is 338 g/mol. The number of nitrogens with zero attached hydrogens (tertiary/aromatic N) is 2. The Morgan fingerprint density at radius 3 is 2.92 bits per heavy atom. The van der Waals surface area contributed by atoms with Gasteiger partial charge in [-0.25, -0.2) is 4.79 Å². The largest absolute Gasteiger partial charge is 0.462 e. The first-order valence-electron chi connectivity index (χ1n) is 8.69. The minimum absolute atomic E-state index is 0.301. The molecule has 1 aliphatic carbocycles. The van der Waals surface area contributed by atoms with Gasteiger partial charge in [0.25, 0.3) is 5.91 Å². The lowest BCUT2D eigenvalue weighted by atomic mass is 9.88. The molecular formula is C18H23N3O3S. The number of amides is 1. The number of esters is 1. The summed E-state index contributed by atoms with van der Waals surface area (Å²) in [6.45, 7) is 6.97. The van der Waals surface area contributed by atoms with Crippen LogP contribution in [0.2, 0.25) is 0 Å². The van der Waals surface area contributed by atoms with Gasteiger partial charge in [-0.1, -0.05) is 6.92 Å². The number of aromatic nitrogens is 2. The molecule has 1 N–H and O–H groups in total. The van der Waals surface area contributed by atoms with Crippen molar-refractivity contribution in [2.75, 3.05) is 11.9 Å². The molecule has 25 heavy (non-hydrogen) atoms. The van der Waals surface area contributed by atoms with Crippen LogP contribution >= 0.6 is 11.3 Å². The second-order valence-corrected chi connectivity index (χ2v) is 7.39. The molecule has 1 unspecified atom stereocenters. The minimum Gasteiger partial charge on any atom is -0.462 e. The molecule has 7 heteroatoms. The third-order valence-electron chi connectivity index (χ3n) is 4.42. The quantitative estimate of drug-likeness (QED) is 0.827. The monoisotopic (exact) mass is 361 g/mol. The highest BCUT2D eigenvalue weighted by molar-refractivity contribution is 7.17. The highest BCUT2D eigenvalue weighted by Gasteiger charge is 2.29. The molecule has 1 amide bonds. The normalized spacial score (nSPS) is 16.4. The van der Waals surface area contributed by atoms with E-state index < -0.39 is 0 Å². The van der Waals surface area contributed by atoms with Gasteiger partial charge in [0.1, 0.15) is 5.00 Å². The van der Waals surface area contributed by atoms with Gasteiger partial charge in [-0.3, -0.25) is 9.48 Å². The Morgan fingerprint density at radius 2 is 2.24 bits per heavy atom. The third-order valence-corrected chi connectivity index (χ3v) is 5.59. The minimum atomic E-state index is -0.357. The fourth-order valence-corrected chi connectivity index (χ4v) is 4.48. The van der Waals surface area contributed by atoms with Crippen LogP contribution in [0.4, 0.5) is 5.00 Å². The number of hydrogen-bond donors (Lipinski definition) is 1. The van der Waals surface area contributed by atoms with Crippen molar-refractivity contribution < 1.29 is 14.3 Å². The van der Waals surface area contributed by atoms with E-state index in [4.69, 9.17) is 4.74 Å². The highest BCUT2D eigenvalue weighted by atomic mass is 32.1. The predicted molar refractivity (Wildman–Crippen MR) is 97.3 cm³/mol. The Balaban J connectivity index is 1.91. The van der Waals surface area contributed by atoms with Crippen molar-refractivity contribution in [3.8, 4) is 0 Å². The molecule has 0 saturated carbocycles. The number of nitrogens with one attached hydrogen (secondary N) is 1. The first-order valence-corrected chi connectivity index (χ1v) is 9.51. The van der Waals surface area contributed by atoms with E-state index in [0.717, 1.165) is 24.8 Å². The Morgan fingerprint density at radius 1 is 1.44 bits per heavy atom. The molecule has 0 aliphatic heterocycles. The van der Waals surface area contributed by atoms with Crippen LogP contribution in [0.25, 0.3) is 0 Å². The van der Waals surface area contributed by atoms with E-state index in [0.29, 0.717) is 35.3 Å². The molecule has 0 bridgehead atoms. The van der Waals surface area contributed by atoms with Gasteiger partial charge in [-0.15, -0.1) is 11.3 Å². The first-order chi connectivity index (χ1) is 12.0. The zero-order chi connectivity index (χ0) is 18.0. The standard InChI is InChI=1S/C18H23N3O3S/c1-4-21-9-8-13(20-21)16(22)19-17-15(18(23)24-5-2)12-7-6-11(3)10-14(12)25-17/h8-9,11H,4-7,10H2,1-3H3,(H,19,22). The van der Waals surface area contributed by atoms with Gasteiger partial charge >= 0.3 is 5.97 Å². The van der Waals surface area contributed by atoms with Gasteiger partial charge in [-0.05, 0) is 50.7 Å². The van der Waals surface area contributed by atoms with Crippen molar-refractivity contribution in [3.05, 3.63) is 34.0 Å². The lowest BCUT2D eigenvalue weighted by Crippen LogP contribution is -2.17. The summed E-state index contributed by atoms with van der Waals surface area (Å²) < 4.78 is 6.92. The average molecular weight is 361 g/mol. The molecule has 1 atom stereocenters. The molecule has 2 heterocycles. The van der Waals surface area contributed by atoms with Gasteiger partial charge in [-0.2, -0.15) is 5.10 Å². The van der Waals surface area contributed by atoms with Crippen LogP contribution in [-0.2, 0) is 24.1 Å². The van der Waals surface area contributed by atoms with Crippen molar-refractivity contribution in [1.29, 1.82) is 0 Å². The van der Waals surface area contributed by atoms with E-state index in [-0.39, 0.29) is 11.9 Å². The number of aryl methyl sites for hydroxylation is 1. The maximum Gasteiger partial charge on any atom is 0.341 e. The van der Waals surface area contributed by atoms with Gasteiger partial charge in [0.15, 0.2) is 5.69 Å². The maximum absolute atomic E-state index is 12.5. The van der Waals surface area contributed by atoms with E-state index in [1.807, 2.05) is 6.92 Å². The second kappa shape index (κ2) is 7.39. The molecule has 1 aliphatic rings. The molecule has 3 rings (SSSR count). The number of hydrogen-bond acceptors (Lipinski definition) is 5. The van der Waals surface area contributed by atoms with Crippen molar-refractivity contribution >= 4 is 28.2 Å². The summed E-state index contributed by atoms with van der Waals surface area (Å²) in [7, 11) is 0. The third kappa shape index (κ3) is 3.61. The average Bonchev–Trinajstić information content (AvgIpc) is 3.18. The zero-order valence-electron chi connectivity index (χ0n) is 14.8. The smallest absolute Gasteiger partial charge is 0.341 e. The van der Waals surface area contributed by atoms with Crippen LogP contribution < -0.4 is 5.32 Å². The molecule has 0 saturated heterocycles. The van der Waals surface area contributed by atoms with E-state index in [1.165, 1.54) is 16.2 Å². The summed E-state index contributed by atoms with van der Waals surface area (Å²) >= 11 is 1.49. The van der Waals surface area contributed by atoms with Crippen LogP contribution in [0.5, 0.6) is 0 Å². The zero-order valence-corrected chi connectivity index (χ0v) is 15.6. The number of fused-ring (bicyclic) bond motifs is 1. The van der Waals surface area contributed by atoms with E-state index in [9.17, 15) is 9.59 Å². The summed E-state index contributed by atoms with van der Waals surface area (Å²) in [6, 6.07) is 1.68. The SMILES string of the molecule is CCOC(=O)c1c(NC(=O)c2ccn(CC)n2)sc2c1CCC(C)C2. The Hall–Kier alpha value is -2.15. The van der Waals surface area contributed by atoms with Crippen LogP contribution in [0, 0.1) is 5.92 Å². The number of carbonyl (C=O) groups excluding carboxylic acids is 2. The number of ether oxygens (including phenoxy) is 1. The summed E-state index contributed by atoms with van der Waals surface area (Å²) in [4.78, 5) is 26.2. The van der Waals surface area contributed by atoms with Crippen molar-refractivity contribution in [2.45, 2.75) is 46.6 Å². The fourth-order valence-electron chi connectivity index (χ4n) is 3.08. The predicted octanol–water partition coefficient (Wildman–Crippen LogP) is 3.52. The van der Waals surface area contributed by atoms with Gasteiger partial charge in [0.05, 0.1) is 12.2 Å². The van der Waals surface area contributed by atoms with E-state index in [2.05, 4.69) is 17.3 Å². The summed E-state index contributed by atoms with van der Waals surface area (Å²) in [6.07, 6.45) is 4.60. The lowest BCUT2D eigenvalue weighted by molar-refractivity contribution is 0.0526. The molecule has 6 nitrogen and oxygen atoms in total. The van der Waals surface area contributed by atoms with E-state index >= 15 is 0 Å². The van der Waals surface area contributed by atoms with Gasteiger partial charge < -0.3 is 10.1 Å². The first kappa shape index (κ1) is 17.7. The molecule has 0 fully saturated rings. The van der Waals surface area contributed by atoms with Crippen molar-refractivity contribution in [3.63, 3.8) is 0 Å². The van der Waals surface area contributed by atoms with E-state index in [1.54, 1.807) is 23.9 Å². The number of rotatable bonds is 5. The Labute approximate surface area is 151 Å². The van der Waals surface area contributed by atoms with Crippen molar-refractivity contribution in [2.24, 2.45) is 5.92 Å². The van der Waals surface area contributed by atoms with Crippen LogP contribution in [0.3, 0.4) is 0 Å². The van der Waals surface area contributed by atoms with Crippen LogP contribution in [0.15, 0.2) is 12.3 Å². The number of carbonyl (C=O) groups is 2. The Kier molecular flexibility index (Phi) is 5.22. The second-order valence-electron chi connectivity index (χ2n) is 6.29. The molecule has 0 aromatic carbocycles. The lowest BCUT2D eigenvalue weighted by Gasteiger charge is -2.18. The molecule has 2 aromatic heterocycles. The maximum atomic E-state index is 12.5. The summed E-state index contributed by atoms with van der Waals surface area (Å²) in [5, 5.41) is 7.68. The number of thiophene rings is 1. The topological polar surface area (TPSA) is 73.2 Å². The summed E-state index contributed by atoms with van der Waals surface area (Å²) in [5.74, 6) is -0.0710. The van der Waals surface area contributed by atoms with Crippen molar-refractivity contribution in [1.82, 2.24) is 9.78 Å². The molecule has 0 radical (unpaired) electrons. The Bertz CT molecular complexity index is 794. The van der Waals surface area contributed by atoms with Gasteiger partial charge in [0, 0.05) is 17.6 Å². The molecule has 134 valence electrons. The van der Waals surface area contributed by atoms with Crippen LogP contribution in [0.1, 0.15) is 58.5 Å². The highest BCUT2D eigenvalue weighted by Crippen LogP contribution is 2.40. The van der Waals surface area contributed by atoms with Crippen LogP contribution in [-0.4, -0.2) is 28.3 Å².